The Morgan fingerprint density at radius 2 is 1.67 bits per heavy atom. The van der Waals surface area contributed by atoms with E-state index in [1.165, 1.54) is 17.0 Å². The lowest BCUT2D eigenvalue weighted by molar-refractivity contribution is -0.123. The molecule has 1 fully saturated rings. The third kappa shape index (κ3) is 6.08. The van der Waals surface area contributed by atoms with E-state index >= 15 is 0 Å². The largest absolute Gasteiger partial charge is 0.490 e. The van der Waals surface area contributed by atoms with Gasteiger partial charge in [0.2, 0.25) is 0 Å². The van der Waals surface area contributed by atoms with Crippen LogP contribution in [0.25, 0.3) is 6.08 Å². The van der Waals surface area contributed by atoms with Crippen molar-refractivity contribution in [3.63, 3.8) is 0 Å². The SMILES string of the molecule is CCOc1cc(/C=C2\SC(=O)N(Cc3ccc(Cl)cc3)C2=O)ccc1OCc1ccc(C(=O)O)cc1. The number of carbonyl (C=O) groups excluding carboxylic acids is 2. The Morgan fingerprint density at radius 3 is 2.33 bits per heavy atom. The van der Waals surface area contributed by atoms with Gasteiger partial charge >= 0.3 is 5.97 Å². The van der Waals surface area contributed by atoms with Crippen LogP contribution < -0.4 is 9.47 Å². The summed E-state index contributed by atoms with van der Waals surface area (Å²) in [7, 11) is 0. The molecule has 36 heavy (non-hydrogen) atoms. The van der Waals surface area contributed by atoms with E-state index in [0.717, 1.165) is 22.9 Å². The van der Waals surface area contributed by atoms with Crippen molar-refractivity contribution < 1.29 is 29.0 Å². The maximum atomic E-state index is 12.9. The maximum absolute atomic E-state index is 12.9. The van der Waals surface area contributed by atoms with Gasteiger partial charge in [-0.2, -0.15) is 0 Å². The van der Waals surface area contributed by atoms with Crippen molar-refractivity contribution in [2.24, 2.45) is 0 Å². The zero-order chi connectivity index (χ0) is 25.7. The average molecular weight is 524 g/mol. The Morgan fingerprint density at radius 1 is 0.972 bits per heavy atom. The second-order valence-electron chi connectivity index (χ2n) is 7.82. The van der Waals surface area contributed by atoms with Crippen molar-refractivity contribution in [2.45, 2.75) is 20.1 Å². The summed E-state index contributed by atoms with van der Waals surface area (Å²) in [6.07, 6.45) is 1.66. The summed E-state index contributed by atoms with van der Waals surface area (Å²) in [6.45, 7) is 2.65. The number of imide groups is 1. The molecule has 0 saturated carbocycles. The number of hydrogen-bond acceptors (Lipinski definition) is 6. The van der Waals surface area contributed by atoms with Crippen molar-refractivity contribution in [1.82, 2.24) is 4.90 Å². The van der Waals surface area contributed by atoms with Gasteiger partial charge in [-0.3, -0.25) is 14.5 Å². The molecule has 4 rings (SSSR count). The summed E-state index contributed by atoms with van der Waals surface area (Å²) in [4.78, 5) is 37.9. The van der Waals surface area contributed by atoms with Crippen LogP contribution >= 0.6 is 23.4 Å². The molecule has 7 nitrogen and oxygen atoms in total. The zero-order valence-electron chi connectivity index (χ0n) is 19.3. The van der Waals surface area contributed by atoms with E-state index in [2.05, 4.69) is 0 Å². The normalized spacial score (nSPS) is 14.4. The molecule has 0 unspecified atom stereocenters. The van der Waals surface area contributed by atoms with Gasteiger partial charge in [-0.25, -0.2) is 4.79 Å². The fraction of sp³-hybridized carbons (Fsp3) is 0.148. The number of rotatable bonds is 9. The first-order valence-electron chi connectivity index (χ1n) is 11.1. The summed E-state index contributed by atoms with van der Waals surface area (Å²) >= 11 is 6.80. The topological polar surface area (TPSA) is 93.1 Å². The molecular weight excluding hydrogens is 502 g/mol. The Balaban J connectivity index is 1.48. The number of benzene rings is 3. The molecule has 1 saturated heterocycles. The first kappa shape index (κ1) is 25.3. The molecule has 3 aromatic carbocycles. The van der Waals surface area contributed by atoms with Crippen LogP contribution in [0, 0.1) is 0 Å². The van der Waals surface area contributed by atoms with Crippen molar-refractivity contribution in [3.8, 4) is 11.5 Å². The van der Waals surface area contributed by atoms with E-state index < -0.39 is 5.97 Å². The van der Waals surface area contributed by atoms with Crippen LogP contribution in [0.1, 0.15) is 34.0 Å². The van der Waals surface area contributed by atoms with Crippen LogP contribution in [0.4, 0.5) is 4.79 Å². The summed E-state index contributed by atoms with van der Waals surface area (Å²) in [5, 5.41) is 9.28. The monoisotopic (exact) mass is 523 g/mol. The third-order valence-corrected chi connectivity index (χ3v) is 6.45. The van der Waals surface area contributed by atoms with Crippen molar-refractivity contribution in [2.75, 3.05) is 6.61 Å². The number of thioether (sulfide) groups is 1. The molecule has 0 bridgehead atoms. The first-order valence-corrected chi connectivity index (χ1v) is 12.2. The van der Waals surface area contributed by atoms with Gasteiger partial charge < -0.3 is 14.6 Å². The van der Waals surface area contributed by atoms with Crippen molar-refractivity contribution in [1.29, 1.82) is 0 Å². The maximum Gasteiger partial charge on any atom is 0.335 e. The molecule has 9 heteroatoms. The van der Waals surface area contributed by atoms with Crippen LogP contribution in [0.3, 0.4) is 0 Å². The third-order valence-electron chi connectivity index (χ3n) is 5.29. The molecule has 1 N–H and O–H groups in total. The summed E-state index contributed by atoms with van der Waals surface area (Å²) in [6, 6.07) is 18.7. The van der Waals surface area contributed by atoms with E-state index in [-0.39, 0.29) is 29.9 Å². The number of carboxylic acids is 1. The highest BCUT2D eigenvalue weighted by Gasteiger charge is 2.35. The summed E-state index contributed by atoms with van der Waals surface area (Å²) < 4.78 is 11.6. The van der Waals surface area contributed by atoms with E-state index in [1.54, 1.807) is 60.7 Å². The van der Waals surface area contributed by atoms with E-state index in [1.807, 2.05) is 6.92 Å². The highest BCUT2D eigenvalue weighted by atomic mass is 35.5. The molecule has 0 atom stereocenters. The number of hydrogen-bond donors (Lipinski definition) is 1. The Labute approximate surface area is 217 Å². The first-order chi connectivity index (χ1) is 17.3. The van der Waals surface area contributed by atoms with Crippen molar-refractivity contribution >= 4 is 46.6 Å². The molecular formula is C27H22ClNO6S. The fourth-order valence-electron chi connectivity index (χ4n) is 3.47. The standard InChI is InChI=1S/C27H22ClNO6S/c1-2-34-23-13-19(7-12-22(23)35-16-18-3-8-20(9-4-18)26(31)32)14-24-25(30)29(27(33)36-24)15-17-5-10-21(28)11-6-17/h3-14H,2,15-16H2,1H3,(H,31,32)/b24-14-. The smallest absolute Gasteiger partial charge is 0.335 e. The molecule has 3 aromatic rings. The zero-order valence-corrected chi connectivity index (χ0v) is 20.8. The predicted octanol–water partition coefficient (Wildman–Crippen LogP) is 6.25. The molecule has 0 radical (unpaired) electrons. The lowest BCUT2D eigenvalue weighted by Crippen LogP contribution is -2.27. The minimum absolute atomic E-state index is 0.170. The minimum Gasteiger partial charge on any atom is -0.490 e. The number of carboxylic acid groups (broad SMARTS) is 1. The molecule has 0 aliphatic carbocycles. The molecule has 1 heterocycles. The van der Waals surface area contributed by atoms with Crippen LogP contribution in [0.2, 0.25) is 5.02 Å². The lowest BCUT2D eigenvalue weighted by Gasteiger charge is -2.13. The van der Waals surface area contributed by atoms with E-state index in [4.69, 9.17) is 26.2 Å². The Hall–Kier alpha value is -3.75. The molecule has 0 aromatic heterocycles. The molecule has 1 aliphatic rings. The molecule has 2 amide bonds. The summed E-state index contributed by atoms with van der Waals surface area (Å²) in [5.41, 5.74) is 2.51. The fourth-order valence-corrected chi connectivity index (χ4v) is 4.43. The lowest BCUT2D eigenvalue weighted by atomic mass is 10.1. The van der Waals surface area contributed by atoms with Gasteiger partial charge in [0.25, 0.3) is 11.1 Å². The van der Waals surface area contributed by atoms with Crippen LogP contribution in [0.15, 0.2) is 71.6 Å². The van der Waals surface area contributed by atoms with Gasteiger partial charge in [0, 0.05) is 5.02 Å². The van der Waals surface area contributed by atoms with Gasteiger partial charge in [-0.15, -0.1) is 0 Å². The van der Waals surface area contributed by atoms with Gasteiger partial charge in [0.15, 0.2) is 11.5 Å². The highest BCUT2D eigenvalue weighted by molar-refractivity contribution is 8.18. The average Bonchev–Trinajstić information content (AvgIpc) is 3.12. The molecule has 184 valence electrons. The Kier molecular flexibility index (Phi) is 7.97. The quantitative estimate of drug-likeness (QED) is 0.331. The van der Waals surface area contributed by atoms with Gasteiger partial charge in [-0.05, 0) is 77.9 Å². The number of carbonyl (C=O) groups is 3. The highest BCUT2D eigenvalue weighted by Crippen LogP contribution is 2.35. The minimum atomic E-state index is -0.987. The second kappa shape index (κ2) is 11.3. The van der Waals surface area contributed by atoms with Crippen LogP contribution in [-0.4, -0.2) is 33.7 Å². The number of ether oxygens (including phenoxy) is 2. The van der Waals surface area contributed by atoms with Crippen LogP contribution in [-0.2, 0) is 17.9 Å². The van der Waals surface area contributed by atoms with Crippen molar-refractivity contribution in [3.05, 3.63) is 98.9 Å². The van der Waals surface area contributed by atoms with Gasteiger partial charge in [-0.1, -0.05) is 41.9 Å². The van der Waals surface area contributed by atoms with Crippen LogP contribution in [0.5, 0.6) is 11.5 Å². The second-order valence-corrected chi connectivity index (χ2v) is 9.25. The number of halogens is 1. The van der Waals surface area contributed by atoms with E-state index in [9.17, 15) is 14.4 Å². The Bertz CT molecular complexity index is 1320. The van der Waals surface area contributed by atoms with Gasteiger partial charge in [0.1, 0.15) is 6.61 Å². The number of aromatic carboxylic acids is 1. The molecule has 1 aliphatic heterocycles. The number of nitrogens with zero attached hydrogens (tertiary/aromatic N) is 1. The predicted molar refractivity (Wildman–Crippen MR) is 138 cm³/mol. The summed E-state index contributed by atoms with van der Waals surface area (Å²) in [5.74, 6) is -0.344. The number of amides is 2. The molecule has 0 spiro atoms. The van der Waals surface area contributed by atoms with E-state index in [0.29, 0.717) is 33.6 Å². The van der Waals surface area contributed by atoms with Gasteiger partial charge in [0.05, 0.1) is 23.6 Å².